The van der Waals surface area contributed by atoms with Gasteiger partial charge in [-0.05, 0) is 38.0 Å². The van der Waals surface area contributed by atoms with E-state index in [2.05, 4.69) is 35.0 Å². The van der Waals surface area contributed by atoms with Crippen LogP contribution in [0, 0.1) is 6.92 Å². The fraction of sp³-hybridized carbons (Fsp3) is 0.500. The minimum Gasteiger partial charge on any atom is -0.466 e. The molecule has 0 bridgehead atoms. The summed E-state index contributed by atoms with van der Waals surface area (Å²) in [5, 5.41) is 4.83. The van der Waals surface area contributed by atoms with Crippen LogP contribution in [-0.2, 0) is 29.0 Å². The summed E-state index contributed by atoms with van der Waals surface area (Å²) >= 11 is 0. The Morgan fingerprint density at radius 3 is 3.09 bits per heavy atom. The Labute approximate surface area is 131 Å². The molecule has 0 fully saturated rings. The number of aryl methyl sites for hydroxylation is 2. The minimum absolute atomic E-state index is 0.0923. The molecule has 2 aromatic rings. The zero-order valence-electron chi connectivity index (χ0n) is 13.4. The quantitative estimate of drug-likeness (QED) is 0.863. The van der Waals surface area contributed by atoms with Crippen molar-refractivity contribution in [2.75, 3.05) is 13.2 Å². The van der Waals surface area contributed by atoms with Crippen LogP contribution in [0.3, 0.4) is 0 Å². The van der Waals surface area contributed by atoms with E-state index in [1.807, 2.05) is 6.92 Å². The van der Waals surface area contributed by atoms with Gasteiger partial charge in [0, 0.05) is 49.1 Å². The maximum Gasteiger partial charge on any atom is 0.305 e. The number of rotatable bonds is 5. The van der Waals surface area contributed by atoms with Crippen molar-refractivity contribution in [1.29, 1.82) is 0 Å². The van der Waals surface area contributed by atoms with Crippen molar-refractivity contribution in [2.24, 2.45) is 0 Å². The molecule has 1 aliphatic rings. The molecule has 1 N–H and O–H groups in total. The molecule has 1 aliphatic heterocycles. The molecule has 0 amide bonds. The summed E-state index contributed by atoms with van der Waals surface area (Å²) in [4.78, 5) is 11.5. The number of nitrogens with one attached hydrogen (secondary N) is 1. The van der Waals surface area contributed by atoms with E-state index in [9.17, 15) is 4.79 Å². The number of aromatic nitrogens is 1. The number of ether oxygens (including phenoxy) is 1. The van der Waals surface area contributed by atoms with E-state index >= 15 is 0 Å². The SMILES string of the molecule is CCOC(=O)CCCn1c2c(c3cc(C)ccc31)CNCC2. The summed E-state index contributed by atoms with van der Waals surface area (Å²) in [6.07, 6.45) is 2.38. The summed E-state index contributed by atoms with van der Waals surface area (Å²) in [6.45, 7) is 7.31. The van der Waals surface area contributed by atoms with Crippen LogP contribution >= 0.6 is 0 Å². The number of hydrogen-bond acceptors (Lipinski definition) is 3. The Kier molecular flexibility index (Phi) is 4.48. The molecule has 3 rings (SSSR count). The molecule has 0 atom stereocenters. The molecule has 2 heterocycles. The van der Waals surface area contributed by atoms with Gasteiger partial charge in [-0.3, -0.25) is 4.79 Å². The van der Waals surface area contributed by atoms with Crippen LogP contribution in [0.5, 0.6) is 0 Å². The highest BCUT2D eigenvalue weighted by molar-refractivity contribution is 5.86. The molecule has 0 radical (unpaired) electrons. The summed E-state index contributed by atoms with van der Waals surface area (Å²) in [5.41, 5.74) is 5.46. The molecular formula is C18H24N2O2. The lowest BCUT2D eigenvalue weighted by Gasteiger charge is -2.17. The Balaban J connectivity index is 1.86. The van der Waals surface area contributed by atoms with Crippen LogP contribution in [0.4, 0.5) is 0 Å². The van der Waals surface area contributed by atoms with Crippen LogP contribution in [-0.4, -0.2) is 23.7 Å². The third-order valence-corrected chi connectivity index (χ3v) is 4.35. The molecule has 22 heavy (non-hydrogen) atoms. The lowest BCUT2D eigenvalue weighted by Crippen LogP contribution is -2.24. The van der Waals surface area contributed by atoms with Crippen LogP contribution < -0.4 is 5.32 Å². The first-order valence-electron chi connectivity index (χ1n) is 8.17. The highest BCUT2D eigenvalue weighted by Gasteiger charge is 2.19. The second-order valence-corrected chi connectivity index (χ2v) is 5.93. The second-order valence-electron chi connectivity index (χ2n) is 5.93. The first kappa shape index (κ1) is 15.1. The number of esters is 1. The van der Waals surface area contributed by atoms with Crippen LogP contribution in [0.15, 0.2) is 18.2 Å². The van der Waals surface area contributed by atoms with Gasteiger partial charge < -0.3 is 14.6 Å². The van der Waals surface area contributed by atoms with Gasteiger partial charge in [-0.2, -0.15) is 0 Å². The van der Waals surface area contributed by atoms with E-state index in [1.165, 1.54) is 27.7 Å². The Bertz CT molecular complexity index is 688. The van der Waals surface area contributed by atoms with Crippen molar-refractivity contribution < 1.29 is 9.53 Å². The third kappa shape index (κ3) is 2.88. The average molecular weight is 300 g/mol. The number of nitrogens with zero attached hydrogens (tertiary/aromatic N) is 1. The van der Waals surface area contributed by atoms with Crippen LogP contribution in [0.2, 0.25) is 0 Å². The van der Waals surface area contributed by atoms with Gasteiger partial charge in [-0.1, -0.05) is 11.6 Å². The molecule has 118 valence electrons. The molecule has 4 nitrogen and oxygen atoms in total. The number of fused-ring (bicyclic) bond motifs is 3. The monoisotopic (exact) mass is 300 g/mol. The normalized spacial score (nSPS) is 14.1. The van der Waals surface area contributed by atoms with Crippen molar-refractivity contribution in [2.45, 2.75) is 46.2 Å². The molecule has 0 saturated carbocycles. The maximum absolute atomic E-state index is 11.5. The Morgan fingerprint density at radius 2 is 2.27 bits per heavy atom. The van der Waals surface area contributed by atoms with Crippen molar-refractivity contribution in [3.05, 3.63) is 35.0 Å². The predicted octanol–water partition coefficient (Wildman–Crippen LogP) is 2.94. The molecule has 0 spiro atoms. The van der Waals surface area contributed by atoms with Crippen LogP contribution in [0.1, 0.15) is 36.6 Å². The average Bonchev–Trinajstić information content (AvgIpc) is 2.82. The Morgan fingerprint density at radius 1 is 1.41 bits per heavy atom. The largest absolute Gasteiger partial charge is 0.466 e. The van der Waals surface area contributed by atoms with Crippen molar-refractivity contribution in [3.8, 4) is 0 Å². The van der Waals surface area contributed by atoms with Gasteiger partial charge in [0.25, 0.3) is 0 Å². The zero-order chi connectivity index (χ0) is 15.5. The van der Waals surface area contributed by atoms with Crippen molar-refractivity contribution in [1.82, 2.24) is 9.88 Å². The molecule has 0 aliphatic carbocycles. The van der Waals surface area contributed by atoms with Gasteiger partial charge in [0.05, 0.1) is 6.61 Å². The number of carbonyl (C=O) groups excluding carboxylic acids is 1. The van der Waals surface area contributed by atoms with Gasteiger partial charge in [-0.15, -0.1) is 0 Å². The van der Waals surface area contributed by atoms with E-state index in [1.54, 1.807) is 0 Å². The van der Waals surface area contributed by atoms with Gasteiger partial charge in [0.1, 0.15) is 0 Å². The summed E-state index contributed by atoms with van der Waals surface area (Å²) in [6, 6.07) is 6.67. The van der Waals surface area contributed by atoms with Gasteiger partial charge in [-0.25, -0.2) is 0 Å². The van der Waals surface area contributed by atoms with E-state index in [0.717, 1.165) is 32.5 Å². The highest BCUT2D eigenvalue weighted by Crippen LogP contribution is 2.29. The third-order valence-electron chi connectivity index (χ3n) is 4.35. The standard InChI is InChI=1S/C18H24N2O2/c1-3-22-18(21)5-4-10-20-16-7-6-13(2)11-14(16)15-12-19-9-8-17(15)20/h6-7,11,19H,3-5,8-10,12H2,1-2H3. The second kappa shape index (κ2) is 6.53. The van der Waals surface area contributed by atoms with E-state index < -0.39 is 0 Å². The molecule has 1 aromatic heterocycles. The predicted molar refractivity (Wildman–Crippen MR) is 88.0 cm³/mol. The van der Waals surface area contributed by atoms with Crippen LogP contribution in [0.25, 0.3) is 10.9 Å². The summed E-state index contributed by atoms with van der Waals surface area (Å²) in [5.74, 6) is -0.0923. The van der Waals surface area contributed by atoms with E-state index in [-0.39, 0.29) is 5.97 Å². The Hall–Kier alpha value is -1.81. The lowest BCUT2D eigenvalue weighted by molar-refractivity contribution is -0.143. The number of hydrogen-bond donors (Lipinski definition) is 1. The fourth-order valence-corrected chi connectivity index (χ4v) is 3.36. The van der Waals surface area contributed by atoms with Crippen molar-refractivity contribution in [3.63, 3.8) is 0 Å². The maximum atomic E-state index is 11.5. The minimum atomic E-state index is -0.0923. The summed E-state index contributed by atoms with van der Waals surface area (Å²) < 4.78 is 7.43. The molecule has 0 unspecified atom stereocenters. The van der Waals surface area contributed by atoms with Gasteiger partial charge in [0.15, 0.2) is 0 Å². The molecular weight excluding hydrogens is 276 g/mol. The first-order chi connectivity index (χ1) is 10.7. The van der Waals surface area contributed by atoms with E-state index in [0.29, 0.717) is 13.0 Å². The topological polar surface area (TPSA) is 43.3 Å². The van der Waals surface area contributed by atoms with E-state index in [4.69, 9.17) is 4.74 Å². The van der Waals surface area contributed by atoms with Crippen molar-refractivity contribution >= 4 is 16.9 Å². The fourth-order valence-electron chi connectivity index (χ4n) is 3.36. The highest BCUT2D eigenvalue weighted by atomic mass is 16.5. The lowest BCUT2D eigenvalue weighted by atomic mass is 10.0. The smallest absolute Gasteiger partial charge is 0.305 e. The first-order valence-corrected chi connectivity index (χ1v) is 8.17. The number of benzene rings is 1. The molecule has 1 aromatic carbocycles. The van der Waals surface area contributed by atoms with Gasteiger partial charge >= 0.3 is 5.97 Å². The summed E-state index contributed by atoms with van der Waals surface area (Å²) in [7, 11) is 0. The van der Waals surface area contributed by atoms with Gasteiger partial charge in [0.2, 0.25) is 0 Å². The molecule has 4 heteroatoms. The molecule has 0 saturated heterocycles. The zero-order valence-corrected chi connectivity index (χ0v) is 13.4. The number of carbonyl (C=O) groups is 1.